The molecule has 0 aliphatic carbocycles. The van der Waals surface area contributed by atoms with Crippen LogP contribution >= 0.6 is 12.4 Å². The molecule has 4 nitrogen and oxygen atoms in total. The van der Waals surface area contributed by atoms with E-state index in [2.05, 4.69) is 16.1 Å². The lowest BCUT2D eigenvalue weighted by Crippen LogP contribution is -2.38. The number of hydrogen-bond acceptors (Lipinski definition) is 3. The van der Waals surface area contributed by atoms with Gasteiger partial charge in [0.2, 0.25) is 10.0 Å². The molecular weight excluding hydrogens is 351 g/mol. The molecule has 2 N–H and O–H groups in total. The van der Waals surface area contributed by atoms with E-state index >= 15 is 0 Å². The van der Waals surface area contributed by atoms with Gasteiger partial charge in [-0.3, -0.25) is 0 Å². The summed E-state index contributed by atoms with van der Waals surface area (Å²) in [6.07, 6.45) is 0.941. The summed E-state index contributed by atoms with van der Waals surface area (Å²) in [5.74, 6) is -0.410. The molecule has 1 aliphatic heterocycles. The second kappa shape index (κ2) is 7.61. The highest BCUT2D eigenvalue weighted by molar-refractivity contribution is 7.89. The Balaban J connectivity index is 0.00000208. The van der Waals surface area contributed by atoms with Gasteiger partial charge < -0.3 is 5.32 Å². The molecule has 0 saturated heterocycles. The van der Waals surface area contributed by atoms with E-state index in [0.29, 0.717) is 5.56 Å². The smallest absolute Gasteiger partial charge is 0.240 e. The zero-order valence-electron chi connectivity index (χ0n) is 13.3. The topological polar surface area (TPSA) is 58.2 Å². The van der Waals surface area contributed by atoms with E-state index in [-0.39, 0.29) is 29.9 Å². The van der Waals surface area contributed by atoms with Crippen molar-refractivity contribution in [3.63, 3.8) is 0 Å². The fraction of sp³-hybridized carbons (Fsp3) is 0.294. The van der Waals surface area contributed by atoms with E-state index in [9.17, 15) is 12.8 Å². The van der Waals surface area contributed by atoms with Gasteiger partial charge in [-0.15, -0.1) is 12.4 Å². The Labute approximate surface area is 147 Å². The Hall–Kier alpha value is -1.47. The molecular formula is C17H20ClFN2O2S. The zero-order valence-corrected chi connectivity index (χ0v) is 14.9. The Morgan fingerprint density at radius 3 is 2.75 bits per heavy atom. The van der Waals surface area contributed by atoms with E-state index in [1.807, 2.05) is 18.2 Å². The second-order valence-corrected chi connectivity index (χ2v) is 7.49. The van der Waals surface area contributed by atoms with Crippen LogP contribution in [0.2, 0.25) is 0 Å². The van der Waals surface area contributed by atoms with Crippen LogP contribution < -0.4 is 10.0 Å². The van der Waals surface area contributed by atoms with Gasteiger partial charge in [-0.05, 0) is 54.8 Å². The average Bonchev–Trinajstić information content (AvgIpc) is 2.55. The molecule has 130 valence electrons. The molecule has 3 rings (SSSR count). The van der Waals surface area contributed by atoms with Crippen molar-refractivity contribution in [2.24, 2.45) is 0 Å². The summed E-state index contributed by atoms with van der Waals surface area (Å²) in [5, 5.41) is 3.33. The van der Waals surface area contributed by atoms with Crippen LogP contribution in [-0.4, -0.2) is 21.5 Å². The first-order chi connectivity index (χ1) is 11.0. The summed E-state index contributed by atoms with van der Waals surface area (Å²) in [5.41, 5.74) is 2.68. The van der Waals surface area contributed by atoms with Crippen molar-refractivity contribution in [2.45, 2.75) is 24.3 Å². The van der Waals surface area contributed by atoms with Crippen LogP contribution in [0.3, 0.4) is 0 Å². The molecule has 1 unspecified atom stereocenters. The van der Waals surface area contributed by atoms with Crippen LogP contribution in [0.5, 0.6) is 0 Å². The predicted molar refractivity (Wildman–Crippen MR) is 94.5 cm³/mol. The zero-order chi connectivity index (χ0) is 16.4. The summed E-state index contributed by atoms with van der Waals surface area (Å²) in [6.45, 7) is 2.63. The van der Waals surface area contributed by atoms with Crippen LogP contribution in [0.4, 0.5) is 4.39 Å². The standard InChI is InChI=1S/C17H19FN2O2S.ClH/c1-12-10-14(6-7-16(12)18)23(21,22)20-11-17-15-5-3-2-4-13(15)8-9-19-17;/h2-7,10,17,19-20H,8-9,11H2,1H3;1H. The highest BCUT2D eigenvalue weighted by Crippen LogP contribution is 2.22. The molecule has 0 spiro atoms. The van der Waals surface area contributed by atoms with Gasteiger partial charge in [-0.1, -0.05) is 24.3 Å². The quantitative estimate of drug-likeness (QED) is 0.870. The molecule has 1 aliphatic rings. The fourth-order valence-corrected chi connectivity index (χ4v) is 3.97. The number of halogens is 2. The van der Waals surface area contributed by atoms with Gasteiger partial charge in [0.1, 0.15) is 5.82 Å². The summed E-state index contributed by atoms with van der Waals surface area (Å²) in [4.78, 5) is 0.0838. The average molecular weight is 371 g/mol. The van der Waals surface area contributed by atoms with Gasteiger partial charge in [-0.25, -0.2) is 17.5 Å². The Morgan fingerprint density at radius 1 is 1.25 bits per heavy atom. The number of nitrogens with one attached hydrogen (secondary N) is 2. The Bertz CT molecular complexity index is 827. The van der Waals surface area contributed by atoms with Crippen molar-refractivity contribution in [1.82, 2.24) is 10.0 Å². The first-order valence-corrected chi connectivity index (χ1v) is 9.03. The van der Waals surface area contributed by atoms with Gasteiger partial charge in [0.05, 0.1) is 4.90 Å². The third kappa shape index (κ3) is 3.95. The maximum absolute atomic E-state index is 13.3. The summed E-state index contributed by atoms with van der Waals surface area (Å²) in [6, 6.07) is 11.8. The van der Waals surface area contributed by atoms with E-state index in [1.165, 1.54) is 23.8 Å². The summed E-state index contributed by atoms with van der Waals surface area (Å²) in [7, 11) is -3.66. The first-order valence-electron chi connectivity index (χ1n) is 7.54. The normalized spacial score (nSPS) is 17.0. The number of sulfonamides is 1. The van der Waals surface area contributed by atoms with Crippen LogP contribution in [0.1, 0.15) is 22.7 Å². The number of fused-ring (bicyclic) bond motifs is 1. The van der Waals surface area contributed by atoms with E-state index in [0.717, 1.165) is 18.5 Å². The largest absolute Gasteiger partial charge is 0.308 e. The van der Waals surface area contributed by atoms with Crippen LogP contribution in [-0.2, 0) is 16.4 Å². The second-order valence-electron chi connectivity index (χ2n) is 5.72. The minimum atomic E-state index is -3.66. The van der Waals surface area contributed by atoms with Crippen molar-refractivity contribution in [3.05, 3.63) is 65.0 Å². The number of hydrogen-bond donors (Lipinski definition) is 2. The lowest BCUT2D eigenvalue weighted by atomic mass is 9.95. The summed E-state index contributed by atoms with van der Waals surface area (Å²) >= 11 is 0. The van der Waals surface area contributed by atoms with E-state index < -0.39 is 15.8 Å². The third-order valence-corrected chi connectivity index (χ3v) is 5.55. The maximum Gasteiger partial charge on any atom is 0.240 e. The highest BCUT2D eigenvalue weighted by atomic mass is 35.5. The number of rotatable bonds is 4. The number of aryl methyl sites for hydroxylation is 1. The lowest BCUT2D eigenvalue weighted by Gasteiger charge is -2.27. The molecule has 0 amide bonds. The minimum Gasteiger partial charge on any atom is -0.308 e. The van der Waals surface area contributed by atoms with Gasteiger partial charge >= 0.3 is 0 Å². The van der Waals surface area contributed by atoms with E-state index in [1.54, 1.807) is 6.92 Å². The highest BCUT2D eigenvalue weighted by Gasteiger charge is 2.22. The molecule has 0 radical (unpaired) electrons. The van der Waals surface area contributed by atoms with Crippen molar-refractivity contribution in [2.75, 3.05) is 13.1 Å². The van der Waals surface area contributed by atoms with Gasteiger partial charge in [-0.2, -0.15) is 0 Å². The van der Waals surface area contributed by atoms with Crippen LogP contribution in [0.25, 0.3) is 0 Å². The SMILES string of the molecule is Cc1cc(S(=O)(=O)NCC2NCCc3ccccc32)ccc1F.Cl. The van der Waals surface area contributed by atoms with Crippen molar-refractivity contribution in [1.29, 1.82) is 0 Å². The van der Waals surface area contributed by atoms with Crippen LogP contribution in [0.15, 0.2) is 47.4 Å². The lowest BCUT2D eigenvalue weighted by molar-refractivity contribution is 0.491. The van der Waals surface area contributed by atoms with Crippen molar-refractivity contribution < 1.29 is 12.8 Å². The van der Waals surface area contributed by atoms with Gasteiger partial charge in [0.15, 0.2) is 0 Å². The molecule has 7 heteroatoms. The van der Waals surface area contributed by atoms with Crippen LogP contribution in [0, 0.1) is 12.7 Å². The Kier molecular flexibility index (Phi) is 5.98. The minimum absolute atomic E-state index is 0. The van der Waals surface area contributed by atoms with E-state index in [4.69, 9.17) is 0 Å². The summed E-state index contributed by atoms with van der Waals surface area (Å²) < 4.78 is 40.7. The Morgan fingerprint density at radius 2 is 2.00 bits per heavy atom. The molecule has 0 fully saturated rings. The molecule has 1 heterocycles. The molecule has 0 aromatic heterocycles. The first kappa shape index (κ1) is 18.9. The molecule has 24 heavy (non-hydrogen) atoms. The van der Waals surface area contributed by atoms with Gasteiger partial charge in [0, 0.05) is 12.6 Å². The van der Waals surface area contributed by atoms with Crippen molar-refractivity contribution >= 4 is 22.4 Å². The molecule has 1 atom stereocenters. The molecule has 2 aromatic carbocycles. The molecule has 0 saturated carbocycles. The molecule has 0 bridgehead atoms. The van der Waals surface area contributed by atoms with Crippen molar-refractivity contribution in [3.8, 4) is 0 Å². The predicted octanol–water partition coefficient (Wildman–Crippen LogP) is 2.72. The monoisotopic (exact) mass is 370 g/mol. The number of benzene rings is 2. The maximum atomic E-state index is 13.3. The third-order valence-electron chi connectivity index (χ3n) is 4.13. The molecule has 2 aromatic rings. The van der Waals surface area contributed by atoms with Gasteiger partial charge in [0.25, 0.3) is 0 Å². The fourth-order valence-electron chi connectivity index (χ4n) is 2.84.